The van der Waals surface area contributed by atoms with E-state index < -0.39 is 6.36 Å². The highest BCUT2D eigenvalue weighted by molar-refractivity contribution is 5.55. The molecule has 0 fully saturated rings. The molecule has 0 bridgehead atoms. The summed E-state index contributed by atoms with van der Waals surface area (Å²) in [6.07, 6.45) is -0.468. The molecular weight excluding hydrogens is 347 g/mol. The van der Waals surface area contributed by atoms with Gasteiger partial charge in [-0.15, -0.1) is 13.2 Å². The van der Waals surface area contributed by atoms with Gasteiger partial charge in [0.05, 0.1) is 11.4 Å². The number of fused-ring (bicyclic) bond motifs is 1. The van der Waals surface area contributed by atoms with E-state index in [2.05, 4.69) is 20.1 Å². The Kier molecular flexibility index (Phi) is 4.15. The van der Waals surface area contributed by atoms with Crippen molar-refractivity contribution in [3.05, 3.63) is 48.4 Å². The molecule has 2 aromatic heterocycles. The predicted molar refractivity (Wildman–Crippen MR) is 87.8 cm³/mol. The zero-order chi connectivity index (χ0) is 18.1. The first-order valence-corrected chi connectivity index (χ1v) is 8.17. The number of aromatic nitrogens is 4. The Balaban J connectivity index is 1.69. The topological polar surface area (TPSA) is 56.9 Å². The Labute approximate surface area is 147 Å². The molecule has 0 spiro atoms. The van der Waals surface area contributed by atoms with Crippen molar-refractivity contribution in [2.45, 2.75) is 25.9 Å². The van der Waals surface area contributed by atoms with Crippen molar-refractivity contribution >= 4 is 0 Å². The fourth-order valence-electron chi connectivity index (χ4n) is 3.00. The quantitative estimate of drug-likeness (QED) is 0.777. The Morgan fingerprint density at radius 2 is 2.08 bits per heavy atom. The largest absolute Gasteiger partial charge is 0.573 e. The van der Waals surface area contributed by atoms with Gasteiger partial charge in [-0.25, -0.2) is 4.98 Å². The van der Waals surface area contributed by atoms with Crippen molar-refractivity contribution in [3.63, 3.8) is 0 Å². The summed E-state index contributed by atoms with van der Waals surface area (Å²) in [5, 5.41) is 7.93. The minimum Gasteiger partial charge on any atom is -0.406 e. The van der Waals surface area contributed by atoms with E-state index >= 15 is 0 Å². The molecule has 0 aliphatic carbocycles. The Hall–Kier alpha value is -2.81. The maximum atomic E-state index is 12.5. The Morgan fingerprint density at radius 3 is 2.92 bits per heavy atom. The maximum Gasteiger partial charge on any atom is 0.573 e. The van der Waals surface area contributed by atoms with Gasteiger partial charge < -0.3 is 10.1 Å². The van der Waals surface area contributed by atoms with Crippen molar-refractivity contribution in [2.24, 2.45) is 0 Å². The third-order valence-corrected chi connectivity index (χ3v) is 4.09. The molecule has 6 nitrogen and oxygen atoms in total. The number of nitrogens with one attached hydrogen (secondary N) is 1. The van der Waals surface area contributed by atoms with Crippen molar-refractivity contribution in [2.75, 3.05) is 6.54 Å². The standard InChI is InChI=1S/C17H16F3N5O/c18-17(19,20)26-14-4-1-3-12(9-14)24-8-6-22-16(24)15-10-13-11-21-5-2-7-25(13)23-15/h1,3-4,6,8-10,21H,2,5,7,11H2. The summed E-state index contributed by atoms with van der Waals surface area (Å²) in [7, 11) is 0. The van der Waals surface area contributed by atoms with Gasteiger partial charge in [0, 0.05) is 31.5 Å². The second kappa shape index (κ2) is 6.49. The summed E-state index contributed by atoms with van der Waals surface area (Å²) in [4.78, 5) is 4.34. The molecule has 1 aliphatic rings. The van der Waals surface area contributed by atoms with E-state index in [1.807, 2.05) is 10.7 Å². The first-order chi connectivity index (χ1) is 12.5. The summed E-state index contributed by atoms with van der Waals surface area (Å²) >= 11 is 0. The molecule has 0 saturated heterocycles. The number of benzene rings is 1. The molecule has 26 heavy (non-hydrogen) atoms. The van der Waals surface area contributed by atoms with Gasteiger partial charge in [0.15, 0.2) is 5.82 Å². The lowest BCUT2D eigenvalue weighted by molar-refractivity contribution is -0.274. The fourth-order valence-corrected chi connectivity index (χ4v) is 3.00. The van der Waals surface area contributed by atoms with Crippen LogP contribution in [-0.4, -0.2) is 32.2 Å². The lowest BCUT2D eigenvalue weighted by Gasteiger charge is -2.11. The van der Waals surface area contributed by atoms with E-state index in [-0.39, 0.29) is 5.75 Å². The SMILES string of the molecule is FC(F)(F)Oc1cccc(-n2ccnc2-c2cc3n(n2)CCCNC3)c1. The molecule has 3 aromatic rings. The zero-order valence-electron chi connectivity index (χ0n) is 13.7. The van der Waals surface area contributed by atoms with E-state index in [1.165, 1.54) is 18.2 Å². The van der Waals surface area contributed by atoms with E-state index in [4.69, 9.17) is 0 Å². The van der Waals surface area contributed by atoms with Gasteiger partial charge in [0.1, 0.15) is 11.4 Å². The van der Waals surface area contributed by atoms with Crippen molar-refractivity contribution < 1.29 is 17.9 Å². The average Bonchev–Trinajstić information content (AvgIpc) is 3.16. The van der Waals surface area contributed by atoms with E-state index in [0.29, 0.717) is 17.2 Å². The van der Waals surface area contributed by atoms with Crippen molar-refractivity contribution in [3.8, 4) is 23.0 Å². The van der Waals surface area contributed by atoms with Crippen LogP contribution < -0.4 is 10.1 Å². The third kappa shape index (κ3) is 3.43. The molecule has 0 radical (unpaired) electrons. The number of hydrogen-bond donors (Lipinski definition) is 1. The summed E-state index contributed by atoms with van der Waals surface area (Å²) < 4.78 is 45.0. The molecular formula is C17H16F3N5O. The second-order valence-electron chi connectivity index (χ2n) is 5.94. The zero-order valence-corrected chi connectivity index (χ0v) is 13.7. The molecule has 9 heteroatoms. The van der Waals surface area contributed by atoms with Crippen LogP contribution in [0.25, 0.3) is 17.2 Å². The van der Waals surface area contributed by atoms with Crippen LogP contribution >= 0.6 is 0 Å². The smallest absolute Gasteiger partial charge is 0.406 e. The van der Waals surface area contributed by atoms with Gasteiger partial charge in [-0.1, -0.05) is 6.07 Å². The number of alkyl halides is 3. The van der Waals surface area contributed by atoms with Gasteiger partial charge in [0.25, 0.3) is 0 Å². The molecule has 3 heterocycles. The molecule has 136 valence electrons. The number of hydrogen-bond acceptors (Lipinski definition) is 4. The number of aryl methyl sites for hydroxylation is 1. The molecule has 1 aromatic carbocycles. The fraction of sp³-hybridized carbons (Fsp3) is 0.294. The molecule has 0 saturated carbocycles. The number of ether oxygens (including phenoxy) is 1. The molecule has 1 aliphatic heterocycles. The molecule has 0 amide bonds. The molecule has 1 N–H and O–H groups in total. The second-order valence-corrected chi connectivity index (χ2v) is 5.94. The molecule has 0 atom stereocenters. The van der Waals surface area contributed by atoms with E-state index in [9.17, 15) is 13.2 Å². The first kappa shape index (κ1) is 16.6. The van der Waals surface area contributed by atoms with Gasteiger partial charge in [-0.3, -0.25) is 9.25 Å². The maximum absolute atomic E-state index is 12.5. The van der Waals surface area contributed by atoms with Crippen LogP contribution in [0.1, 0.15) is 12.1 Å². The van der Waals surface area contributed by atoms with E-state index in [0.717, 1.165) is 31.7 Å². The summed E-state index contributed by atoms with van der Waals surface area (Å²) in [5.41, 5.74) is 2.25. The average molecular weight is 363 g/mol. The highest BCUT2D eigenvalue weighted by atomic mass is 19.4. The number of imidazole rings is 1. The minimum absolute atomic E-state index is 0.278. The van der Waals surface area contributed by atoms with Crippen molar-refractivity contribution in [1.29, 1.82) is 0 Å². The van der Waals surface area contributed by atoms with Crippen LogP contribution in [-0.2, 0) is 13.1 Å². The normalized spacial score (nSPS) is 14.7. The van der Waals surface area contributed by atoms with Crippen molar-refractivity contribution in [1.82, 2.24) is 24.6 Å². The lowest BCUT2D eigenvalue weighted by atomic mass is 10.2. The summed E-state index contributed by atoms with van der Waals surface area (Å²) in [6.45, 7) is 2.49. The highest BCUT2D eigenvalue weighted by Gasteiger charge is 2.31. The first-order valence-electron chi connectivity index (χ1n) is 8.17. The summed E-state index contributed by atoms with van der Waals surface area (Å²) in [6, 6.07) is 7.73. The van der Waals surface area contributed by atoms with Gasteiger partial charge in [-0.05, 0) is 31.2 Å². The minimum atomic E-state index is -4.73. The third-order valence-electron chi connectivity index (χ3n) is 4.09. The highest BCUT2D eigenvalue weighted by Crippen LogP contribution is 2.27. The number of halogens is 3. The van der Waals surface area contributed by atoms with Gasteiger partial charge in [0.2, 0.25) is 0 Å². The number of rotatable bonds is 3. The van der Waals surface area contributed by atoms with Crippen LogP contribution in [0, 0.1) is 0 Å². The number of nitrogens with zero attached hydrogens (tertiary/aromatic N) is 4. The molecule has 0 unspecified atom stereocenters. The molecule has 4 rings (SSSR count). The monoisotopic (exact) mass is 363 g/mol. The van der Waals surface area contributed by atoms with Gasteiger partial charge in [-0.2, -0.15) is 5.10 Å². The Bertz CT molecular complexity index is 892. The predicted octanol–water partition coefficient (Wildman–Crippen LogP) is 3.13. The van der Waals surface area contributed by atoms with Crippen LogP contribution in [0.4, 0.5) is 13.2 Å². The van der Waals surface area contributed by atoms with Gasteiger partial charge >= 0.3 is 6.36 Å². The summed E-state index contributed by atoms with van der Waals surface area (Å²) in [5.74, 6) is 0.286. The van der Waals surface area contributed by atoms with Crippen LogP contribution in [0.3, 0.4) is 0 Å². The lowest BCUT2D eigenvalue weighted by Crippen LogP contribution is -2.17. The van der Waals surface area contributed by atoms with Crippen LogP contribution in [0.15, 0.2) is 42.7 Å². The van der Waals surface area contributed by atoms with Crippen LogP contribution in [0.2, 0.25) is 0 Å². The van der Waals surface area contributed by atoms with Crippen LogP contribution in [0.5, 0.6) is 5.75 Å². The Morgan fingerprint density at radius 1 is 1.19 bits per heavy atom. The van der Waals surface area contributed by atoms with E-state index in [1.54, 1.807) is 23.0 Å².